The standard InChI is InChI=1S/C18H27N3O2/c1-18(2,3)20-17(23)19-16(22)10-12-21-11-9-15(13-21)14-7-5-4-6-8-14/h4-8,15H,9-13H2,1-3H3,(H2,19,20,22,23). The Hall–Kier alpha value is -1.88. The van der Waals surface area contributed by atoms with Crippen molar-refractivity contribution in [1.29, 1.82) is 0 Å². The molecule has 1 heterocycles. The van der Waals surface area contributed by atoms with E-state index in [9.17, 15) is 9.59 Å². The van der Waals surface area contributed by atoms with E-state index in [4.69, 9.17) is 0 Å². The lowest BCUT2D eigenvalue weighted by molar-refractivity contribution is -0.120. The summed E-state index contributed by atoms with van der Waals surface area (Å²) >= 11 is 0. The number of urea groups is 1. The fourth-order valence-electron chi connectivity index (χ4n) is 2.85. The Morgan fingerprint density at radius 1 is 1.22 bits per heavy atom. The maximum absolute atomic E-state index is 11.8. The van der Waals surface area contributed by atoms with Crippen molar-refractivity contribution in [2.24, 2.45) is 0 Å². The van der Waals surface area contributed by atoms with Gasteiger partial charge in [0.05, 0.1) is 0 Å². The van der Waals surface area contributed by atoms with E-state index in [1.165, 1.54) is 5.56 Å². The number of imide groups is 1. The summed E-state index contributed by atoms with van der Waals surface area (Å²) in [7, 11) is 0. The molecule has 2 rings (SSSR count). The number of rotatable bonds is 4. The monoisotopic (exact) mass is 317 g/mol. The minimum atomic E-state index is -0.425. The van der Waals surface area contributed by atoms with E-state index in [1.807, 2.05) is 26.8 Å². The molecule has 1 atom stereocenters. The fourth-order valence-corrected chi connectivity index (χ4v) is 2.85. The predicted molar refractivity (Wildman–Crippen MR) is 91.3 cm³/mol. The van der Waals surface area contributed by atoms with E-state index >= 15 is 0 Å². The van der Waals surface area contributed by atoms with Gasteiger partial charge in [0.2, 0.25) is 5.91 Å². The summed E-state index contributed by atoms with van der Waals surface area (Å²) < 4.78 is 0. The summed E-state index contributed by atoms with van der Waals surface area (Å²) in [5.74, 6) is 0.318. The quantitative estimate of drug-likeness (QED) is 0.897. The lowest BCUT2D eigenvalue weighted by atomic mass is 9.99. The SMILES string of the molecule is CC(C)(C)NC(=O)NC(=O)CCN1CCC(c2ccccc2)C1. The molecule has 0 spiro atoms. The number of hydrogen-bond acceptors (Lipinski definition) is 3. The zero-order valence-corrected chi connectivity index (χ0v) is 14.3. The average Bonchev–Trinajstić information content (AvgIpc) is 2.93. The highest BCUT2D eigenvalue weighted by Crippen LogP contribution is 2.26. The van der Waals surface area contributed by atoms with Gasteiger partial charge < -0.3 is 10.2 Å². The highest BCUT2D eigenvalue weighted by molar-refractivity contribution is 5.94. The predicted octanol–water partition coefficient (Wildman–Crippen LogP) is 2.49. The molecule has 1 aliphatic heterocycles. The van der Waals surface area contributed by atoms with Crippen molar-refractivity contribution in [3.63, 3.8) is 0 Å². The Morgan fingerprint density at radius 2 is 1.91 bits per heavy atom. The molecule has 1 aromatic rings. The minimum Gasteiger partial charge on any atom is -0.333 e. The first kappa shape index (κ1) is 17.5. The molecule has 0 aliphatic carbocycles. The van der Waals surface area contributed by atoms with E-state index < -0.39 is 6.03 Å². The van der Waals surface area contributed by atoms with Crippen molar-refractivity contribution in [2.75, 3.05) is 19.6 Å². The van der Waals surface area contributed by atoms with Crippen LogP contribution in [0.3, 0.4) is 0 Å². The minimum absolute atomic E-state index is 0.227. The topological polar surface area (TPSA) is 61.4 Å². The summed E-state index contributed by atoms with van der Waals surface area (Å²) in [6.07, 6.45) is 1.47. The molecular formula is C18H27N3O2. The Labute approximate surface area is 138 Å². The number of amides is 3. The second-order valence-corrected chi connectivity index (χ2v) is 7.20. The number of hydrogen-bond donors (Lipinski definition) is 2. The number of carbonyl (C=O) groups excluding carboxylic acids is 2. The molecule has 126 valence electrons. The lowest BCUT2D eigenvalue weighted by Gasteiger charge is -2.20. The summed E-state index contributed by atoms with van der Waals surface area (Å²) in [6.45, 7) is 8.31. The van der Waals surface area contributed by atoms with Gasteiger partial charge in [-0.05, 0) is 45.2 Å². The Balaban J connectivity index is 1.70. The molecule has 0 aromatic heterocycles. The molecule has 1 saturated heterocycles. The molecule has 5 nitrogen and oxygen atoms in total. The molecule has 5 heteroatoms. The first-order chi connectivity index (χ1) is 10.8. The van der Waals surface area contributed by atoms with Crippen LogP contribution in [-0.2, 0) is 4.79 Å². The van der Waals surface area contributed by atoms with Gasteiger partial charge in [0.1, 0.15) is 0 Å². The lowest BCUT2D eigenvalue weighted by Crippen LogP contribution is -2.48. The van der Waals surface area contributed by atoms with E-state index in [0.717, 1.165) is 19.5 Å². The van der Waals surface area contributed by atoms with Gasteiger partial charge in [-0.1, -0.05) is 30.3 Å². The molecule has 1 aromatic carbocycles. The number of likely N-dealkylation sites (tertiary alicyclic amines) is 1. The van der Waals surface area contributed by atoms with E-state index in [0.29, 0.717) is 18.9 Å². The summed E-state index contributed by atoms with van der Waals surface area (Å²) in [6, 6.07) is 10.1. The van der Waals surface area contributed by atoms with Crippen LogP contribution in [0.5, 0.6) is 0 Å². The number of nitrogens with zero attached hydrogens (tertiary/aromatic N) is 1. The molecular weight excluding hydrogens is 290 g/mol. The Morgan fingerprint density at radius 3 is 2.57 bits per heavy atom. The normalized spacial score (nSPS) is 18.7. The molecule has 1 aliphatic rings. The first-order valence-electron chi connectivity index (χ1n) is 8.23. The van der Waals surface area contributed by atoms with Gasteiger partial charge in [-0.25, -0.2) is 4.79 Å². The molecule has 0 radical (unpaired) electrons. The van der Waals surface area contributed by atoms with Crippen LogP contribution in [0.25, 0.3) is 0 Å². The van der Waals surface area contributed by atoms with Crippen molar-refractivity contribution in [2.45, 2.75) is 45.1 Å². The third kappa shape index (κ3) is 6.02. The average molecular weight is 317 g/mol. The van der Waals surface area contributed by atoms with Crippen molar-refractivity contribution in [3.8, 4) is 0 Å². The molecule has 0 bridgehead atoms. The third-order valence-electron chi connectivity index (χ3n) is 3.94. The highest BCUT2D eigenvalue weighted by Gasteiger charge is 2.24. The van der Waals surface area contributed by atoms with Crippen LogP contribution in [-0.4, -0.2) is 42.0 Å². The van der Waals surface area contributed by atoms with Gasteiger partial charge in [-0.3, -0.25) is 10.1 Å². The molecule has 3 amide bonds. The summed E-state index contributed by atoms with van der Waals surface area (Å²) in [5, 5.41) is 5.11. The van der Waals surface area contributed by atoms with Gasteiger partial charge in [0.25, 0.3) is 0 Å². The molecule has 1 unspecified atom stereocenters. The van der Waals surface area contributed by atoms with Crippen LogP contribution in [0.4, 0.5) is 4.79 Å². The first-order valence-corrected chi connectivity index (χ1v) is 8.23. The van der Waals surface area contributed by atoms with Gasteiger partial charge in [-0.2, -0.15) is 0 Å². The smallest absolute Gasteiger partial charge is 0.321 e. The largest absolute Gasteiger partial charge is 0.333 e. The van der Waals surface area contributed by atoms with Gasteiger partial charge in [0.15, 0.2) is 0 Å². The van der Waals surface area contributed by atoms with E-state index in [1.54, 1.807) is 0 Å². The summed E-state index contributed by atoms with van der Waals surface area (Å²) in [4.78, 5) is 25.8. The fraction of sp³-hybridized carbons (Fsp3) is 0.556. The van der Waals surface area contributed by atoms with Crippen molar-refractivity contribution in [1.82, 2.24) is 15.5 Å². The van der Waals surface area contributed by atoms with Crippen LogP contribution >= 0.6 is 0 Å². The van der Waals surface area contributed by atoms with Crippen molar-refractivity contribution in [3.05, 3.63) is 35.9 Å². The van der Waals surface area contributed by atoms with Crippen molar-refractivity contribution < 1.29 is 9.59 Å². The van der Waals surface area contributed by atoms with Crippen LogP contribution in [0.1, 0.15) is 45.1 Å². The molecule has 1 fully saturated rings. The van der Waals surface area contributed by atoms with E-state index in [2.05, 4.69) is 39.8 Å². The highest BCUT2D eigenvalue weighted by atomic mass is 16.2. The molecule has 0 saturated carbocycles. The van der Waals surface area contributed by atoms with Gasteiger partial charge >= 0.3 is 6.03 Å². The zero-order valence-electron chi connectivity index (χ0n) is 14.3. The second kappa shape index (κ2) is 7.59. The van der Waals surface area contributed by atoms with Crippen LogP contribution in [0, 0.1) is 0 Å². The van der Waals surface area contributed by atoms with E-state index in [-0.39, 0.29) is 11.4 Å². The van der Waals surface area contributed by atoms with Gasteiger partial charge in [0, 0.05) is 25.0 Å². The summed E-state index contributed by atoms with van der Waals surface area (Å²) in [5.41, 5.74) is 1.02. The molecule has 23 heavy (non-hydrogen) atoms. The van der Waals surface area contributed by atoms with Crippen molar-refractivity contribution >= 4 is 11.9 Å². The second-order valence-electron chi connectivity index (χ2n) is 7.20. The number of nitrogens with one attached hydrogen (secondary N) is 2. The Bertz CT molecular complexity index is 537. The maximum atomic E-state index is 11.8. The molecule has 2 N–H and O–H groups in total. The maximum Gasteiger partial charge on any atom is 0.321 e. The third-order valence-corrected chi connectivity index (χ3v) is 3.94. The van der Waals surface area contributed by atoms with Crippen LogP contribution < -0.4 is 10.6 Å². The van der Waals surface area contributed by atoms with Crippen LogP contribution in [0.2, 0.25) is 0 Å². The number of benzene rings is 1. The van der Waals surface area contributed by atoms with Crippen LogP contribution in [0.15, 0.2) is 30.3 Å². The Kier molecular flexibility index (Phi) is 5.77. The van der Waals surface area contributed by atoms with Gasteiger partial charge in [-0.15, -0.1) is 0 Å². The zero-order chi connectivity index (χ0) is 16.9. The number of carbonyl (C=O) groups is 2.